The van der Waals surface area contributed by atoms with Crippen LogP contribution >= 0.6 is 11.3 Å². The van der Waals surface area contributed by atoms with E-state index in [2.05, 4.69) is 10.3 Å². The Balaban J connectivity index is 1.50. The van der Waals surface area contributed by atoms with Crippen molar-refractivity contribution < 1.29 is 9.53 Å². The van der Waals surface area contributed by atoms with E-state index in [1.165, 1.54) is 29.8 Å². The first-order valence-corrected chi connectivity index (χ1v) is 8.53. The highest BCUT2D eigenvalue weighted by atomic mass is 32.1. The van der Waals surface area contributed by atoms with Crippen LogP contribution in [0.5, 0.6) is 0 Å². The summed E-state index contributed by atoms with van der Waals surface area (Å²) in [5.74, 6) is 0.0735. The Morgan fingerprint density at radius 1 is 1.30 bits per heavy atom. The molecule has 0 aromatic carbocycles. The minimum Gasteiger partial charge on any atom is -0.378 e. The molecule has 0 bridgehead atoms. The Morgan fingerprint density at radius 2 is 2.20 bits per heavy atom. The van der Waals surface area contributed by atoms with Crippen molar-refractivity contribution in [2.24, 2.45) is 0 Å². The zero-order chi connectivity index (χ0) is 13.8. The Morgan fingerprint density at radius 3 is 3.05 bits per heavy atom. The summed E-state index contributed by atoms with van der Waals surface area (Å²) in [6.07, 6.45) is 9.84. The number of ether oxygens (including phenoxy) is 1. The summed E-state index contributed by atoms with van der Waals surface area (Å²) in [5, 5.41) is 3.74. The van der Waals surface area contributed by atoms with Gasteiger partial charge in [-0.1, -0.05) is 6.42 Å². The SMILES string of the molecule is O=C(CCC1CCCO1)Nc1nc2c(s1)CCCCC2. The molecule has 5 heteroatoms. The standard InChI is InChI=1S/C15H22N2O2S/c18-14(9-8-11-5-4-10-19-11)17-15-16-12-6-2-1-3-7-13(12)20-15/h11H,1-10H2,(H,16,17,18). The number of carbonyl (C=O) groups is 1. The Hall–Kier alpha value is -0.940. The quantitative estimate of drug-likeness (QED) is 0.867. The van der Waals surface area contributed by atoms with Crippen molar-refractivity contribution in [1.82, 2.24) is 4.98 Å². The van der Waals surface area contributed by atoms with Crippen LogP contribution in [0.15, 0.2) is 0 Å². The summed E-state index contributed by atoms with van der Waals surface area (Å²) in [4.78, 5) is 17.9. The zero-order valence-corrected chi connectivity index (χ0v) is 12.6. The predicted octanol–water partition coefficient (Wildman–Crippen LogP) is 3.31. The average molecular weight is 294 g/mol. The molecule has 0 saturated carbocycles. The van der Waals surface area contributed by atoms with E-state index in [1.807, 2.05) is 0 Å². The van der Waals surface area contributed by atoms with Gasteiger partial charge in [-0.3, -0.25) is 4.79 Å². The predicted molar refractivity (Wildman–Crippen MR) is 80.2 cm³/mol. The minimum atomic E-state index is 0.0735. The Labute approximate surface area is 123 Å². The van der Waals surface area contributed by atoms with E-state index in [4.69, 9.17) is 4.74 Å². The fourth-order valence-corrected chi connectivity index (χ4v) is 3.99. The highest BCUT2D eigenvalue weighted by Crippen LogP contribution is 2.29. The summed E-state index contributed by atoms with van der Waals surface area (Å²) < 4.78 is 5.54. The molecule has 1 aromatic heterocycles. The number of hydrogen-bond donors (Lipinski definition) is 1. The summed E-state index contributed by atoms with van der Waals surface area (Å²) in [6, 6.07) is 0. The molecule has 1 aromatic rings. The second kappa shape index (κ2) is 6.68. The number of amides is 1. The largest absolute Gasteiger partial charge is 0.378 e. The molecule has 1 fully saturated rings. The van der Waals surface area contributed by atoms with Gasteiger partial charge in [-0.15, -0.1) is 11.3 Å². The lowest BCUT2D eigenvalue weighted by Crippen LogP contribution is -2.15. The van der Waals surface area contributed by atoms with E-state index in [0.29, 0.717) is 6.42 Å². The van der Waals surface area contributed by atoms with Crippen LogP contribution in [0.25, 0.3) is 0 Å². The monoisotopic (exact) mass is 294 g/mol. The smallest absolute Gasteiger partial charge is 0.226 e. The fraction of sp³-hybridized carbons (Fsp3) is 0.733. The zero-order valence-electron chi connectivity index (χ0n) is 11.8. The number of thiazole rings is 1. The maximum atomic E-state index is 11.9. The Kier molecular flexibility index (Phi) is 4.68. The van der Waals surface area contributed by atoms with Crippen molar-refractivity contribution in [1.29, 1.82) is 0 Å². The lowest BCUT2D eigenvalue weighted by Gasteiger charge is -2.08. The second-order valence-electron chi connectivity index (χ2n) is 5.67. The third-order valence-corrected chi connectivity index (χ3v) is 5.13. The van der Waals surface area contributed by atoms with Crippen LogP contribution in [0.3, 0.4) is 0 Å². The number of aryl methyl sites for hydroxylation is 2. The maximum Gasteiger partial charge on any atom is 0.226 e. The number of carbonyl (C=O) groups excluding carboxylic acids is 1. The fourth-order valence-electron chi connectivity index (χ4n) is 2.93. The molecule has 2 heterocycles. The Bertz CT molecular complexity index is 443. The molecular weight excluding hydrogens is 272 g/mol. The van der Waals surface area contributed by atoms with E-state index in [0.717, 1.165) is 43.8 Å². The summed E-state index contributed by atoms with van der Waals surface area (Å²) in [6.45, 7) is 0.853. The maximum absolute atomic E-state index is 11.9. The molecule has 20 heavy (non-hydrogen) atoms. The van der Waals surface area contributed by atoms with Crippen molar-refractivity contribution in [3.63, 3.8) is 0 Å². The molecule has 1 amide bonds. The van der Waals surface area contributed by atoms with Crippen molar-refractivity contribution in [3.8, 4) is 0 Å². The van der Waals surface area contributed by atoms with Gasteiger partial charge in [-0.05, 0) is 44.9 Å². The molecule has 0 spiro atoms. The number of aromatic nitrogens is 1. The van der Waals surface area contributed by atoms with Gasteiger partial charge < -0.3 is 10.1 Å². The normalized spacial score (nSPS) is 22.3. The van der Waals surface area contributed by atoms with Crippen LogP contribution in [-0.2, 0) is 22.4 Å². The molecule has 1 atom stereocenters. The van der Waals surface area contributed by atoms with Gasteiger partial charge in [0.1, 0.15) is 0 Å². The molecule has 0 radical (unpaired) electrons. The topological polar surface area (TPSA) is 51.2 Å². The van der Waals surface area contributed by atoms with Crippen molar-refractivity contribution in [2.75, 3.05) is 11.9 Å². The van der Waals surface area contributed by atoms with Crippen molar-refractivity contribution in [3.05, 3.63) is 10.6 Å². The third kappa shape index (κ3) is 3.58. The number of nitrogens with one attached hydrogen (secondary N) is 1. The molecule has 1 unspecified atom stereocenters. The first-order valence-electron chi connectivity index (χ1n) is 7.71. The lowest BCUT2D eigenvalue weighted by atomic mass is 10.1. The molecule has 1 aliphatic heterocycles. The third-order valence-electron chi connectivity index (χ3n) is 4.06. The molecular formula is C15H22N2O2S. The molecule has 3 rings (SSSR count). The van der Waals surface area contributed by atoms with Crippen LogP contribution in [-0.4, -0.2) is 23.6 Å². The molecule has 2 aliphatic rings. The minimum absolute atomic E-state index is 0.0735. The first kappa shape index (κ1) is 14.0. The van der Waals surface area contributed by atoms with Gasteiger partial charge in [0.15, 0.2) is 5.13 Å². The van der Waals surface area contributed by atoms with Gasteiger partial charge in [0.2, 0.25) is 5.91 Å². The van der Waals surface area contributed by atoms with Crippen molar-refractivity contribution >= 4 is 22.4 Å². The van der Waals surface area contributed by atoms with E-state index >= 15 is 0 Å². The van der Waals surface area contributed by atoms with E-state index in [-0.39, 0.29) is 12.0 Å². The van der Waals surface area contributed by atoms with Crippen LogP contribution in [0.2, 0.25) is 0 Å². The molecule has 110 valence electrons. The molecule has 1 N–H and O–H groups in total. The second-order valence-corrected chi connectivity index (χ2v) is 6.76. The molecule has 1 aliphatic carbocycles. The highest BCUT2D eigenvalue weighted by Gasteiger charge is 2.18. The van der Waals surface area contributed by atoms with E-state index in [9.17, 15) is 4.79 Å². The van der Waals surface area contributed by atoms with Crippen molar-refractivity contribution in [2.45, 2.75) is 63.9 Å². The summed E-state index contributed by atoms with van der Waals surface area (Å²) >= 11 is 1.66. The highest BCUT2D eigenvalue weighted by molar-refractivity contribution is 7.15. The number of nitrogens with zero attached hydrogens (tertiary/aromatic N) is 1. The average Bonchev–Trinajstić information content (AvgIpc) is 3.03. The lowest BCUT2D eigenvalue weighted by molar-refractivity contribution is -0.116. The molecule has 1 saturated heterocycles. The van der Waals surface area contributed by atoms with Crippen LogP contribution < -0.4 is 5.32 Å². The number of hydrogen-bond acceptors (Lipinski definition) is 4. The van der Waals surface area contributed by atoms with Gasteiger partial charge in [-0.25, -0.2) is 4.98 Å². The van der Waals surface area contributed by atoms with Crippen LogP contribution in [0.4, 0.5) is 5.13 Å². The number of anilines is 1. The summed E-state index contributed by atoms with van der Waals surface area (Å²) in [7, 11) is 0. The van der Waals surface area contributed by atoms with Gasteiger partial charge >= 0.3 is 0 Å². The summed E-state index contributed by atoms with van der Waals surface area (Å²) in [5.41, 5.74) is 1.21. The van der Waals surface area contributed by atoms with Gasteiger partial charge in [0, 0.05) is 17.9 Å². The van der Waals surface area contributed by atoms with E-state index in [1.54, 1.807) is 11.3 Å². The first-order chi connectivity index (χ1) is 9.81. The van der Waals surface area contributed by atoms with Gasteiger partial charge in [0.25, 0.3) is 0 Å². The molecule has 4 nitrogen and oxygen atoms in total. The number of fused-ring (bicyclic) bond motifs is 1. The number of rotatable bonds is 4. The van der Waals surface area contributed by atoms with Crippen LogP contribution in [0, 0.1) is 0 Å². The van der Waals surface area contributed by atoms with E-state index < -0.39 is 0 Å². The van der Waals surface area contributed by atoms with Crippen LogP contribution in [0.1, 0.15) is 55.5 Å². The van der Waals surface area contributed by atoms with Gasteiger partial charge in [0.05, 0.1) is 11.8 Å². The van der Waals surface area contributed by atoms with Gasteiger partial charge in [-0.2, -0.15) is 0 Å².